The first-order valence-electron chi connectivity index (χ1n) is 6.56. The highest BCUT2D eigenvalue weighted by atomic mass is 15.3. The van der Waals surface area contributed by atoms with Crippen molar-refractivity contribution < 1.29 is 0 Å². The zero-order valence-corrected chi connectivity index (χ0v) is 10.5. The summed E-state index contributed by atoms with van der Waals surface area (Å²) in [4.78, 5) is 13.4. The molecule has 1 aromatic heterocycles. The standard InChI is InChI=1S/C12H20N6/c13-11-1-2-15-12(16-11)9-17-7-10(8-17)18-5-3-14-4-6-18/h1-2,10,14H,3-9H2,(H2,13,15,16). The molecule has 98 valence electrons. The van der Waals surface area contributed by atoms with Crippen LogP contribution >= 0.6 is 0 Å². The molecule has 0 aromatic carbocycles. The molecule has 0 aliphatic carbocycles. The van der Waals surface area contributed by atoms with E-state index in [1.165, 1.54) is 13.1 Å². The molecule has 2 fully saturated rings. The normalized spacial score (nSPS) is 22.9. The Morgan fingerprint density at radius 1 is 1.33 bits per heavy atom. The van der Waals surface area contributed by atoms with E-state index in [-0.39, 0.29) is 0 Å². The summed E-state index contributed by atoms with van der Waals surface area (Å²) in [6.45, 7) is 7.65. The average Bonchev–Trinajstić information content (AvgIpc) is 2.34. The van der Waals surface area contributed by atoms with Gasteiger partial charge in [0.15, 0.2) is 0 Å². The lowest BCUT2D eigenvalue weighted by atomic mass is 10.1. The molecule has 18 heavy (non-hydrogen) atoms. The predicted octanol–water partition coefficient (Wildman–Crippen LogP) is -0.852. The Morgan fingerprint density at radius 2 is 2.11 bits per heavy atom. The number of aromatic nitrogens is 2. The molecular formula is C12H20N6. The minimum absolute atomic E-state index is 0.555. The Hall–Kier alpha value is -1.24. The molecule has 0 saturated carbocycles. The van der Waals surface area contributed by atoms with Gasteiger partial charge in [0.2, 0.25) is 0 Å². The van der Waals surface area contributed by atoms with E-state index in [9.17, 15) is 0 Å². The smallest absolute Gasteiger partial charge is 0.144 e. The minimum atomic E-state index is 0.555. The van der Waals surface area contributed by atoms with E-state index in [1.807, 2.05) is 0 Å². The minimum Gasteiger partial charge on any atom is -0.384 e. The summed E-state index contributed by atoms with van der Waals surface area (Å²) >= 11 is 0. The van der Waals surface area contributed by atoms with E-state index in [4.69, 9.17) is 5.73 Å². The lowest BCUT2D eigenvalue weighted by molar-refractivity contribution is 0.0208. The number of nitrogen functional groups attached to an aromatic ring is 1. The summed E-state index contributed by atoms with van der Waals surface area (Å²) < 4.78 is 0. The van der Waals surface area contributed by atoms with Crippen LogP contribution in [0, 0.1) is 0 Å². The van der Waals surface area contributed by atoms with Crippen molar-refractivity contribution in [2.45, 2.75) is 12.6 Å². The van der Waals surface area contributed by atoms with Gasteiger partial charge in [-0.3, -0.25) is 9.80 Å². The Bertz CT molecular complexity index is 397. The number of nitrogens with one attached hydrogen (secondary N) is 1. The average molecular weight is 248 g/mol. The first-order chi connectivity index (χ1) is 8.81. The van der Waals surface area contributed by atoms with E-state index in [1.54, 1.807) is 12.3 Å². The van der Waals surface area contributed by atoms with Gasteiger partial charge in [-0.15, -0.1) is 0 Å². The molecule has 3 heterocycles. The molecule has 2 aliphatic heterocycles. The van der Waals surface area contributed by atoms with Crippen molar-refractivity contribution in [2.75, 3.05) is 45.0 Å². The highest BCUT2D eigenvalue weighted by Crippen LogP contribution is 2.17. The van der Waals surface area contributed by atoms with Crippen LogP contribution in [0.5, 0.6) is 0 Å². The SMILES string of the molecule is Nc1ccnc(CN2CC(N3CCNCC3)C2)n1. The van der Waals surface area contributed by atoms with Gasteiger partial charge in [-0.2, -0.15) is 0 Å². The third kappa shape index (κ3) is 2.60. The Kier molecular flexibility index (Phi) is 3.40. The quantitative estimate of drug-likeness (QED) is 0.726. The van der Waals surface area contributed by atoms with Crippen molar-refractivity contribution in [1.29, 1.82) is 0 Å². The van der Waals surface area contributed by atoms with E-state index in [2.05, 4.69) is 25.1 Å². The topological polar surface area (TPSA) is 70.3 Å². The van der Waals surface area contributed by atoms with Crippen LogP contribution in [0.4, 0.5) is 5.82 Å². The van der Waals surface area contributed by atoms with Gasteiger partial charge in [-0.1, -0.05) is 0 Å². The summed E-state index contributed by atoms with van der Waals surface area (Å²) in [7, 11) is 0. The second-order valence-corrected chi connectivity index (χ2v) is 5.03. The number of likely N-dealkylation sites (tertiary alicyclic amines) is 1. The van der Waals surface area contributed by atoms with Crippen molar-refractivity contribution in [3.63, 3.8) is 0 Å². The predicted molar refractivity (Wildman–Crippen MR) is 70.0 cm³/mol. The molecule has 3 rings (SSSR count). The van der Waals surface area contributed by atoms with E-state index < -0.39 is 0 Å². The number of nitrogens with zero attached hydrogens (tertiary/aromatic N) is 4. The lowest BCUT2D eigenvalue weighted by Gasteiger charge is -2.46. The molecule has 2 aliphatic rings. The fourth-order valence-electron chi connectivity index (χ4n) is 2.64. The zero-order valence-electron chi connectivity index (χ0n) is 10.5. The van der Waals surface area contributed by atoms with Crippen LogP contribution in [0.2, 0.25) is 0 Å². The first kappa shape index (κ1) is 11.8. The molecule has 0 unspecified atom stereocenters. The van der Waals surface area contributed by atoms with Gasteiger partial charge < -0.3 is 11.1 Å². The second-order valence-electron chi connectivity index (χ2n) is 5.03. The van der Waals surface area contributed by atoms with Gasteiger partial charge in [-0.05, 0) is 6.07 Å². The lowest BCUT2D eigenvalue weighted by Crippen LogP contribution is -2.62. The summed E-state index contributed by atoms with van der Waals surface area (Å²) in [6.07, 6.45) is 1.73. The molecule has 0 atom stereocenters. The molecule has 0 spiro atoms. The first-order valence-corrected chi connectivity index (χ1v) is 6.56. The number of anilines is 1. The molecule has 0 radical (unpaired) electrons. The third-order valence-corrected chi connectivity index (χ3v) is 3.70. The second kappa shape index (κ2) is 5.17. The van der Waals surface area contributed by atoms with Crippen LogP contribution in [0.15, 0.2) is 12.3 Å². The Balaban J connectivity index is 1.47. The number of hydrogen-bond donors (Lipinski definition) is 2. The molecule has 6 heteroatoms. The fourth-order valence-corrected chi connectivity index (χ4v) is 2.64. The summed E-state index contributed by atoms with van der Waals surface area (Å²) in [5.74, 6) is 1.38. The molecule has 0 amide bonds. The van der Waals surface area contributed by atoms with E-state index in [0.29, 0.717) is 11.9 Å². The maximum Gasteiger partial charge on any atom is 0.144 e. The number of hydrogen-bond acceptors (Lipinski definition) is 6. The highest BCUT2D eigenvalue weighted by Gasteiger charge is 2.32. The van der Waals surface area contributed by atoms with Gasteiger partial charge in [-0.25, -0.2) is 9.97 Å². The van der Waals surface area contributed by atoms with Gasteiger partial charge in [0.1, 0.15) is 11.6 Å². The van der Waals surface area contributed by atoms with E-state index in [0.717, 1.165) is 38.5 Å². The molecular weight excluding hydrogens is 228 g/mol. The van der Waals surface area contributed by atoms with Crippen molar-refractivity contribution in [2.24, 2.45) is 0 Å². The maximum absolute atomic E-state index is 5.65. The van der Waals surface area contributed by atoms with Crippen molar-refractivity contribution in [3.8, 4) is 0 Å². The van der Waals surface area contributed by atoms with Gasteiger partial charge in [0.05, 0.1) is 6.54 Å². The van der Waals surface area contributed by atoms with Crippen LogP contribution in [0.1, 0.15) is 5.82 Å². The van der Waals surface area contributed by atoms with Crippen molar-refractivity contribution in [1.82, 2.24) is 25.1 Å². The number of rotatable bonds is 3. The molecule has 2 saturated heterocycles. The Morgan fingerprint density at radius 3 is 2.83 bits per heavy atom. The molecule has 6 nitrogen and oxygen atoms in total. The molecule has 1 aromatic rings. The molecule has 0 bridgehead atoms. The zero-order chi connectivity index (χ0) is 12.4. The maximum atomic E-state index is 5.65. The fraction of sp³-hybridized carbons (Fsp3) is 0.667. The van der Waals surface area contributed by atoms with Crippen molar-refractivity contribution in [3.05, 3.63) is 18.1 Å². The molecule has 3 N–H and O–H groups in total. The third-order valence-electron chi connectivity index (χ3n) is 3.70. The van der Waals surface area contributed by atoms with Crippen LogP contribution in [-0.2, 0) is 6.54 Å². The number of piperazine rings is 1. The van der Waals surface area contributed by atoms with Crippen molar-refractivity contribution >= 4 is 5.82 Å². The Labute approximate surface area is 107 Å². The van der Waals surface area contributed by atoms with Gasteiger partial charge in [0, 0.05) is 51.5 Å². The van der Waals surface area contributed by atoms with Gasteiger partial charge >= 0.3 is 0 Å². The summed E-state index contributed by atoms with van der Waals surface area (Å²) in [5, 5.41) is 3.39. The summed E-state index contributed by atoms with van der Waals surface area (Å²) in [5.41, 5.74) is 5.65. The summed E-state index contributed by atoms with van der Waals surface area (Å²) in [6, 6.07) is 2.44. The van der Waals surface area contributed by atoms with E-state index >= 15 is 0 Å². The van der Waals surface area contributed by atoms with Crippen LogP contribution in [0.25, 0.3) is 0 Å². The van der Waals surface area contributed by atoms with Crippen LogP contribution in [0.3, 0.4) is 0 Å². The largest absolute Gasteiger partial charge is 0.384 e. The number of nitrogens with two attached hydrogens (primary N) is 1. The van der Waals surface area contributed by atoms with Gasteiger partial charge in [0.25, 0.3) is 0 Å². The van der Waals surface area contributed by atoms with Crippen LogP contribution in [-0.4, -0.2) is 65.1 Å². The monoisotopic (exact) mass is 248 g/mol. The van der Waals surface area contributed by atoms with Crippen LogP contribution < -0.4 is 11.1 Å². The highest BCUT2D eigenvalue weighted by molar-refractivity contribution is 5.25.